The van der Waals surface area contributed by atoms with Crippen LogP contribution in [0.15, 0.2) is 41.8 Å². The van der Waals surface area contributed by atoms with Crippen molar-refractivity contribution < 1.29 is 19.2 Å². The van der Waals surface area contributed by atoms with E-state index >= 15 is 0 Å². The van der Waals surface area contributed by atoms with Crippen molar-refractivity contribution in [1.29, 1.82) is 0 Å². The Morgan fingerprint density at radius 2 is 1.89 bits per heavy atom. The van der Waals surface area contributed by atoms with Crippen LogP contribution in [0.25, 0.3) is 0 Å². The summed E-state index contributed by atoms with van der Waals surface area (Å²) < 4.78 is 11.9. The molecule has 2 atom stereocenters. The lowest BCUT2D eigenvalue weighted by Gasteiger charge is -2.49. The minimum Gasteiger partial charge on any atom is -0.366 e. The molecule has 152 valence electrons. The van der Waals surface area contributed by atoms with Crippen molar-refractivity contribution in [3.63, 3.8) is 0 Å². The maximum atomic E-state index is 12.2. The van der Waals surface area contributed by atoms with Gasteiger partial charge in [0.05, 0.1) is 11.0 Å². The van der Waals surface area contributed by atoms with Gasteiger partial charge in [-0.1, -0.05) is 30.3 Å². The highest BCUT2D eigenvalue weighted by atomic mass is 16.7. The van der Waals surface area contributed by atoms with Gasteiger partial charge >= 0.3 is 0 Å². The van der Waals surface area contributed by atoms with Gasteiger partial charge in [-0.25, -0.2) is 0 Å². The van der Waals surface area contributed by atoms with Gasteiger partial charge < -0.3 is 20.1 Å². The largest absolute Gasteiger partial charge is 0.366 e. The Labute approximate surface area is 164 Å². The summed E-state index contributed by atoms with van der Waals surface area (Å²) in [6.07, 6.45) is 0.983. The normalized spacial score (nSPS) is 23.3. The van der Waals surface area contributed by atoms with Crippen molar-refractivity contribution in [3.8, 4) is 0 Å². The summed E-state index contributed by atoms with van der Waals surface area (Å²) in [5.74, 6) is -1.63. The molecule has 2 unspecified atom stereocenters. The molecule has 2 N–H and O–H groups in total. The third kappa shape index (κ3) is 3.88. The van der Waals surface area contributed by atoms with Crippen LogP contribution >= 0.6 is 0 Å². The summed E-state index contributed by atoms with van der Waals surface area (Å²) in [7, 11) is 0. The number of nitro groups is 1. The molecule has 2 bridgehead atoms. The lowest BCUT2D eigenvalue weighted by Crippen LogP contribution is -2.67. The van der Waals surface area contributed by atoms with Crippen LogP contribution in [0.5, 0.6) is 0 Å². The summed E-state index contributed by atoms with van der Waals surface area (Å²) in [6, 6.07) is 9.44. The average Bonchev–Trinajstić information content (AvgIpc) is 2.65. The number of ether oxygens (including phenoxy) is 2. The number of fused-ring (bicyclic) bond motifs is 2. The van der Waals surface area contributed by atoms with Gasteiger partial charge in [0.1, 0.15) is 11.7 Å². The molecule has 0 amide bonds. The zero-order valence-electron chi connectivity index (χ0n) is 16.3. The van der Waals surface area contributed by atoms with Gasteiger partial charge in [-0.15, -0.1) is 0 Å². The molecule has 8 nitrogen and oxygen atoms in total. The van der Waals surface area contributed by atoms with E-state index in [1.165, 1.54) is 0 Å². The second kappa shape index (κ2) is 8.70. The predicted octanol–water partition coefficient (Wildman–Crippen LogP) is 1.98. The number of nitrogens with one attached hydrogen (secondary N) is 2. The average molecular weight is 389 g/mol. The van der Waals surface area contributed by atoms with E-state index in [4.69, 9.17) is 9.47 Å². The Bertz CT molecular complexity index is 743. The van der Waals surface area contributed by atoms with Crippen LogP contribution in [-0.4, -0.2) is 42.3 Å². The molecule has 8 heteroatoms. The fraction of sp³-hybridized carbons (Fsp3) is 0.550. The maximum absolute atomic E-state index is 12.2. The first-order valence-corrected chi connectivity index (χ1v) is 9.74. The number of carbonyl (C=O) groups excluding carboxylic acids is 1. The van der Waals surface area contributed by atoms with Crippen molar-refractivity contribution in [2.24, 2.45) is 5.92 Å². The van der Waals surface area contributed by atoms with E-state index in [-0.39, 0.29) is 24.3 Å². The first kappa shape index (κ1) is 20.3. The lowest BCUT2D eigenvalue weighted by molar-refractivity contribution is -0.452. The van der Waals surface area contributed by atoms with Crippen LogP contribution in [0.2, 0.25) is 0 Å². The Morgan fingerprint density at radius 3 is 2.50 bits per heavy atom. The quantitative estimate of drug-likeness (QED) is 0.378. The van der Waals surface area contributed by atoms with E-state index in [0.29, 0.717) is 25.6 Å². The number of hydrogen-bond donors (Lipinski definition) is 2. The first-order valence-electron chi connectivity index (χ1n) is 9.74. The third-order valence-corrected chi connectivity index (χ3v) is 5.23. The molecule has 1 fully saturated rings. The highest BCUT2D eigenvalue weighted by Crippen LogP contribution is 2.44. The molecule has 1 aliphatic carbocycles. The standard InChI is InChI=1S/C20H27N3O5/c1-3-27-20(28-4-2)16-12-15(24)13-17(20)22-19(18(16)23(25)26)21-11-10-14-8-6-5-7-9-14/h5-9,16-17,21-22H,3-4,10-13H2,1-2H3. The number of benzene rings is 1. The number of carbonyl (C=O) groups is 1. The number of hydrogen-bond acceptors (Lipinski definition) is 7. The smallest absolute Gasteiger partial charge is 0.294 e. The monoisotopic (exact) mass is 389 g/mol. The summed E-state index contributed by atoms with van der Waals surface area (Å²) >= 11 is 0. The minimum atomic E-state index is -1.20. The van der Waals surface area contributed by atoms with Gasteiger partial charge in [0.25, 0.3) is 5.70 Å². The molecule has 1 aliphatic heterocycles. The van der Waals surface area contributed by atoms with Crippen LogP contribution in [0.3, 0.4) is 0 Å². The van der Waals surface area contributed by atoms with Gasteiger partial charge in [0, 0.05) is 32.6 Å². The molecule has 0 saturated heterocycles. The van der Waals surface area contributed by atoms with Crippen LogP contribution in [0, 0.1) is 16.0 Å². The van der Waals surface area contributed by atoms with Crippen molar-refractivity contribution in [3.05, 3.63) is 57.5 Å². The maximum Gasteiger partial charge on any atom is 0.294 e. The molecule has 0 aromatic heterocycles. The molecule has 28 heavy (non-hydrogen) atoms. The van der Waals surface area contributed by atoms with E-state index in [1.54, 1.807) is 0 Å². The molecular weight excluding hydrogens is 362 g/mol. The minimum absolute atomic E-state index is 0.0276. The fourth-order valence-corrected chi connectivity index (χ4v) is 4.16. The fourth-order valence-electron chi connectivity index (χ4n) is 4.16. The lowest BCUT2D eigenvalue weighted by atomic mass is 9.74. The first-order chi connectivity index (χ1) is 13.5. The number of rotatable bonds is 9. The number of nitrogens with zero attached hydrogens (tertiary/aromatic N) is 1. The molecule has 0 radical (unpaired) electrons. The number of ketones is 1. The summed E-state index contributed by atoms with van der Waals surface area (Å²) in [5, 5.41) is 18.3. The van der Waals surface area contributed by atoms with E-state index in [2.05, 4.69) is 10.6 Å². The molecule has 3 rings (SSSR count). The van der Waals surface area contributed by atoms with Crippen molar-refractivity contribution in [1.82, 2.24) is 10.6 Å². The van der Waals surface area contributed by atoms with Crippen LogP contribution in [0.1, 0.15) is 32.3 Å². The summed E-state index contributed by atoms with van der Waals surface area (Å²) in [5.41, 5.74) is 1.07. The molecular formula is C20H27N3O5. The van der Waals surface area contributed by atoms with Gasteiger partial charge in [0.15, 0.2) is 5.82 Å². The second-order valence-electron chi connectivity index (χ2n) is 6.96. The number of Topliss-reactive ketones (excluding diaryl/α,β-unsaturated/α-hetero) is 1. The highest BCUT2D eigenvalue weighted by Gasteiger charge is 2.61. The van der Waals surface area contributed by atoms with E-state index < -0.39 is 22.7 Å². The van der Waals surface area contributed by atoms with Gasteiger partial charge in [0.2, 0.25) is 5.79 Å². The molecule has 1 heterocycles. The van der Waals surface area contributed by atoms with Crippen molar-refractivity contribution in [2.75, 3.05) is 19.8 Å². The Morgan fingerprint density at radius 1 is 1.21 bits per heavy atom. The summed E-state index contributed by atoms with van der Waals surface area (Å²) in [4.78, 5) is 23.7. The Kier molecular flexibility index (Phi) is 6.31. The van der Waals surface area contributed by atoms with Gasteiger partial charge in [-0.05, 0) is 25.8 Å². The topological polar surface area (TPSA) is 103 Å². The third-order valence-electron chi connectivity index (χ3n) is 5.23. The van der Waals surface area contributed by atoms with Crippen LogP contribution < -0.4 is 10.6 Å². The van der Waals surface area contributed by atoms with E-state index in [9.17, 15) is 14.9 Å². The van der Waals surface area contributed by atoms with Crippen LogP contribution in [0.4, 0.5) is 0 Å². The zero-order valence-corrected chi connectivity index (χ0v) is 16.3. The van der Waals surface area contributed by atoms with Gasteiger partial charge in [-0.2, -0.15) is 0 Å². The molecule has 0 spiro atoms. The molecule has 1 aromatic rings. The highest BCUT2D eigenvalue weighted by molar-refractivity contribution is 5.81. The van der Waals surface area contributed by atoms with Crippen LogP contribution in [-0.2, 0) is 20.7 Å². The molecule has 1 aromatic carbocycles. The SMILES string of the molecule is CCOC1(OCC)C2CC(=O)CC1C([N+](=O)[O-])=C(NCCc1ccccc1)N2. The van der Waals surface area contributed by atoms with Crippen molar-refractivity contribution >= 4 is 5.78 Å². The van der Waals surface area contributed by atoms with Gasteiger partial charge in [-0.3, -0.25) is 14.9 Å². The Hall–Kier alpha value is -2.45. The predicted molar refractivity (Wildman–Crippen MR) is 103 cm³/mol. The second-order valence-corrected chi connectivity index (χ2v) is 6.96. The molecule has 2 aliphatic rings. The zero-order chi connectivity index (χ0) is 20.1. The Balaban J connectivity index is 1.89. The summed E-state index contributed by atoms with van der Waals surface area (Å²) in [6.45, 7) is 4.85. The van der Waals surface area contributed by atoms with Crippen molar-refractivity contribution in [2.45, 2.75) is 44.9 Å². The van der Waals surface area contributed by atoms with E-state index in [0.717, 1.165) is 12.0 Å². The van der Waals surface area contributed by atoms with E-state index in [1.807, 2.05) is 44.2 Å². The molecule has 1 saturated carbocycles.